The number of aliphatic hydroxyl groups excluding tert-OH is 1. The van der Waals surface area contributed by atoms with E-state index in [9.17, 15) is 9.59 Å². The number of nitrogens with zero attached hydrogens (tertiary/aromatic N) is 4. The van der Waals surface area contributed by atoms with Crippen LogP contribution in [-0.2, 0) is 0 Å². The Morgan fingerprint density at radius 2 is 1.47 bits per heavy atom. The predicted molar refractivity (Wildman–Crippen MR) is 50.6 cm³/mol. The SMILES string of the molecule is CN1C(=O)N(C)[C@H]2[C@H]1N(C)C(=O)N2CO. The lowest BCUT2D eigenvalue weighted by Crippen LogP contribution is -2.44. The zero-order valence-corrected chi connectivity index (χ0v) is 8.91. The van der Waals surface area contributed by atoms with E-state index in [2.05, 4.69) is 0 Å². The molecule has 0 aromatic rings. The van der Waals surface area contributed by atoms with Gasteiger partial charge in [-0.1, -0.05) is 0 Å². The molecule has 2 heterocycles. The Hall–Kier alpha value is -1.50. The molecule has 4 amide bonds. The van der Waals surface area contributed by atoms with E-state index in [-0.39, 0.29) is 25.0 Å². The van der Waals surface area contributed by atoms with Crippen LogP contribution >= 0.6 is 0 Å². The van der Waals surface area contributed by atoms with Crippen molar-refractivity contribution in [3.05, 3.63) is 0 Å². The van der Waals surface area contributed by atoms with Gasteiger partial charge in [0.15, 0.2) is 6.17 Å². The molecule has 1 N–H and O–H groups in total. The molecular formula is C8H14N4O3. The van der Waals surface area contributed by atoms with Crippen molar-refractivity contribution in [1.29, 1.82) is 0 Å². The zero-order valence-electron chi connectivity index (χ0n) is 8.91. The number of hydrogen-bond donors (Lipinski definition) is 1. The normalized spacial score (nSPS) is 30.7. The topological polar surface area (TPSA) is 67.3 Å². The molecule has 0 saturated carbocycles. The molecule has 2 saturated heterocycles. The summed E-state index contributed by atoms with van der Waals surface area (Å²) in [6, 6.07) is -0.415. The van der Waals surface area contributed by atoms with Crippen molar-refractivity contribution < 1.29 is 14.7 Å². The Labute approximate surface area is 87.4 Å². The molecule has 0 unspecified atom stereocenters. The van der Waals surface area contributed by atoms with E-state index in [1.54, 1.807) is 21.1 Å². The van der Waals surface area contributed by atoms with Gasteiger partial charge in [-0.2, -0.15) is 0 Å². The van der Waals surface area contributed by atoms with E-state index in [1.807, 2.05) is 0 Å². The van der Waals surface area contributed by atoms with Gasteiger partial charge in [0.05, 0.1) is 0 Å². The van der Waals surface area contributed by atoms with Crippen molar-refractivity contribution in [1.82, 2.24) is 19.6 Å². The van der Waals surface area contributed by atoms with Crippen LogP contribution in [0.3, 0.4) is 0 Å². The van der Waals surface area contributed by atoms with Crippen LogP contribution < -0.4 is 0 Å². The van der Waals surface area contributed by atoms with E-state index in [0.29, 0.717) is 0 Å². The van der Waals surface area contributed by atoms with Crippen molar-refractivity contribution in [2.45, 2.75) is 12.3 Å². The minimum atomic E-state index is -0.398. The third-order valence-corrected chi connectivity index (χ3v) is 3.08. The lowest BCUT2D eigenvalue weighted by molar-refractivity contribution is 0.0707. The van der Waals surface area contributed by atoms with Crippen molar-refractivity contribution in [2.24, 2.45) is 0 Å². The molecule has 2 fully saturated rings. The summed E-state index contributed by atoms with van der Waals surface area (Å²) in [5, 5.41) is 9.11. The summed E-state index contributed by atoms with van der Waals surface area (Å²) >= 11 is 0. The highest BCUT2D eigenvalue weighted by molar-refractivity contribution is 5.84. The van der Waals surface area contributed by atoms with Gasteiger partial charge in [0, 0.05) is 21.1 Å². The summed E-state index contributed by atoms with van der Waals surface area (Å²) < 4.78 is 0. The first-order chi connectivity index (χ1) is 7.00. The summed E-state index contributed by atoms with van der Waals surface area (Å²) in [6.45, 7) is -0.379. The van der Waals surface area contributed by atoms with Crippen LogP contribution in [0.4, 0.5) is 9.59 Å². The number of carbonyl (C=O) groups is 2. The fraction of sp³-hybridized carbons (Fsp3) is 0.750. The van der Waals surface area contributed by atoms with Crippen LogP contribution in [0.15, 0.2) is 0 Å². The minimum absolute atomic E-state index is 0.150. The monoisotopic (exact) mass is 214 g/mol. The molecule has 2 aliphatic rings. The predicted octanol–water partition coefficient (Wildman–Crippen LogP) is -1.05. The molecule has 0 aromatic carbocycles. The standard InChI is InChI=1S/C8H14N4O3/c1-9-5-6(11(3)7(9)14)12(4-13)8(15)10(5)2/h5-6,13H,4H2,1-3H3/t5-,6-/m1/s1. The van der Waals surface area contributed by atoms with Crippen molar-refractivity contribution >= 4 is 12.1 Å². The molecule has 0 radical (unpaired) electrons. The van der Waals surface area contributed by atoms with Crippen LogP contribution in [0.2, 0.25) is 0 Å². The molecule has 0 bridgehead atoms. The Balaban J connectivity index is 2.38. The third-order valence-electron chi connectivity index (χ3n) is 3.08. The van der Waals surface area contributed by atoms with Gasteiger partial charge >= 0.3 is 12.1 Å². The highest BCUT2D eigenvalue weighted by atomic mass is 16.3. The maximum atomic E-state index is 11.7. The summed E-state index contributed by atoms with van der Waals surface area (Å²) in [7, 11) is 4.89. The third kappa shape index (κ3) is 1.03. The Morgan fingerprint density at radius 3 is 2.00 bits per heavy atom. The van der Waals surface area contributed by atoms with Crippen LogP contribution in [0.1, 0.15) is 0 Å². The number of likely N-dealkylation sites (N-methyl/N-ethyl adjacent to an activating group) is 3. The summed E-state index contributed by atoms with van der Waals surface area (Å²) in [4.78, 5) is 29.0. The second-order valence-electron chi connectivity index (χ2n) is 3.84. The lowest BCUT2D eigenvalue weighted by atomic mass is 10.4. The van der Waals surface area contributed by atoms with Crippen LogP contribution in [-0.4, -0.2) is 77.0 Å². The number of hydrogen-bond acceptors (Lipinski definition) is 3. The first-order valence-electron chi connectivity index (χ1n) is 4.64. The van der Waals surface area contributed by atoms with E-state index in [1.165, 1.54) is 19.6 Å². The van der Waals surface area contributed by atoms with Crippen LogP contribution in [0.25, 0.3) is 0 Å². The molecule has 7 nitrogen and oxygen atoms in total. The van der Waals surface area contributed by atoms with E-state index < -0.39 is 6.17 Å². The Kier molecular flexibility index (Phi) is 2.00. The summed E-state index contributed by atoms with van der Waals surface area (Å²) in [5.74, 6) is 0. The van der Waals surface area contributed by atoms with Gasteiger partial charge in [0.1, 0.15) is 12.9 Å². The molecule has 2 atom stereocenters. The highest BCUT2D eigenvalue weighted by Gasteiger charge is 2.55. The first kappa shape index (κ1) is 10.0. The second kappa shape index (κ2) is 2.99. The number of aliphatic hydroxyl groups is 1. The Morgan fingerprint density at radius 1 is 1.00 bits per heavy atom. The molecule has 0 aromatic heterocycles. The first-order valence-corrected chi connectivity index (χ1v) is 4.64. The van der Waals surface area contributed by atoms with E-state index >= 15 is 0 Å². The average Bonchev–Trinajstić information content (AvgIpc) is 2.59. The summed E-state index contributed by atoms with van der Waals surface area (Å²) in [6.07, 6.45) is -0.716. The average molecular weight is 214 g/mol. The number of urea groups is 2. The number of carbonyl (C=O) groups excluding carboxylic acids is 2. The van der Waals surface area contributed by atoms with Crippen LogP contribution in [0.5, 0.6) is 0 Å². The Bertz CT molecular complexity index is 321. The highest BCUT2D eigenvalue weighted by Crippen LogP contribution is 2.31. The number of amides is 4. The molecule has 15 heavy (non-hydrogen) atoms. The maximum Gasteiger partial charge on any atom is 0.325 e. The fourth-order valence-corrected chi connectivity index (χ4v) is 2.28. The summed E-state index contributed by atoms with van der Waals surface area (Å²) in [5.41, 5.74) is 0. The van der Waals surface area contributed by atoms with Gasteiger partial charge in [0.2, 0.25) is 0 Å². The van der Waals surface area contributed by atoms with Gasteiger partial charge in [-0.3, -0.25) is 4.90 Å². The molecular weight excluding hydrogens is 200 g/mol. The van der Waals surface area contributed by atoms with Crippen molar-refractivity contribution in [3.63, 3.8) is 0 Å². The molecule has 7 heteroatoms. The van der Waals surface area contributed by atoms with Gasteiger partial charge < -0.3 is 19.8 Å². The van der Waals surface area contributed by atoms with Crippen molar-refractivity contribution in [3.8, 4) is 0 Å². The van der Waals surface area contributed by atoms with Crippen molar-refractivity contribution in [2.75, 3.05) is 27.9 Å². The van der Waals surface area contributed by atoms with Gasteiger partial charge in [-0.25, -0.2) is 9.59 Å². The van der Waals surface area contributed by atoms with Gasteiger partial charge in [-0.15, -0.1) is 0 Å². The van der Waals surface area contributed by atoms with Crippen LogP contribution in [0, 0.1) is 0 Å². The van der Waals surface area contributed by atoms with Gasteiger partial charge in [-0.05, 0) is 0 Å². The zero-order chi connectivity index (χ0) is 11.3. The lowest BCUT2D eigenvalue weighted by Gasteiger charge is -2.24. The molecule has 84 valence electrons. The number of fused-ring (bicyclic) bond motifs is 1. The largest absolute Gasteiger partial charge is 0.376 e. The number of rotatable bonds is 1. The molecule has 2 rings (SSSR count). The second-order valence-corrected chi connectivity index (χ2v) is 3.84. The minimum Gasteiger partial charge on any atom is -0.376 e. The quantitative estimate of drug-likeness (QED) is 0.606. The molecule has 0 spiro atoms. The van der Waals surface area contributed by atoms with Gasteiger partial charge in [0.25, 0.3) is 0 Å². The van der Waals surface area contributed by atoms with E-state index in [4.69, 9.17) is 5.11 Å². The maximum absolute atomic E-state index is 11.7. The smallest absolute Gasteiger partial charge is 0.325 e. The molecule has 0 aliphatic carbocycles. The molecule has 2 aliphatic heterocycles. The van der Waals surface area contributed by atoms with E-state index in [0.717, 1.165) is 0 Å². The fourth-order valence-electron chi connectivity index (χ4n) is 2.28.